The number of hydrogen-bond acceptors (Lipinski definition) is 4. The van der Waals surface area contributed by atoms with E-state index in [0.717, 1.165) is 18.5 Å². The molecule has 1 aromatic rings. The molecule has 2 aliphatic rings. The van der Waals surface area contributed by atoms with Gasteiger partial charge in [-0.2, -0.15) is 0 Å². The third-order valence-corrected chi connectivity index (χ3v) is 5.49. The van der Waals surface area contributed by atoms with Gasteiger partial charge < -0.3 is 10.2 Å². The first-order valence-corrected chi connectivity index (χ1v) is 8.48. The zero-order valence-electron chi connectivity index (χ0n) is 12.3. The first-order valence-electron chi connectivity index (χ1n) is 7.66. The predicted octanol–water partition coefficient (Wildman–Crippen LogP) is 3.50. The molecular formula is C15H25N3S. The SMILES string of the molecule is CCNC(C)c1sc(N(CC2CC2)C2CC2)nc1C. The average molecular weight is 279 g/mol. The Kier molecular flexibility index (Phi) is 3.81. The number of thiazole rings is 1. The maximum atomic E-state index is 4.86. The van der Waals surface area contributed by atoms with Gasteiger partial charge in [-0.05, 0) is 52.0 Å². The Labute approximate surface area is 120 Å². The van der Waals surface area contributed by atoms with Crippen LogP contribution < -0.4 is 10.2 Å². The van der Waals surface area contributed by atoms with Gasteiger partial charge in [-0.15, -0.1) is 11.3 Å². The molecule has 106 valence electrons. The summed E-state index contributed by atoms with van der Waals surface area (Å²) in [4.78, 5) is 8.87. The molecule has 0 aromatic carbocycles. The molecule has 0 spiro atoms. The minimum absolute atomic E-state index is 0.429. The van der Waals surface area contributed by atoms with Crippen molar-refractivity contribution in [2.75, 3.05) is 18.0 Å². The van der Waals surface area contributed by atoms with Crippen LogP contribution in [0.2, 0.25) is 0 Å². The van der Waals surface area contributed by atoms with E-state index in [1.807, 2.05) is 11.3 Å². The molecule has 3 nitrogen and oxygen atoms in total. The Balaban J connectivity index is 1.76. The number of aromatic nitrogens is 1. The molecule has 2 saturated carbocycles. The molecule has 0 aliphatic heterocycles. The van der Waals surface area contributed by atoms with Crippen LogP contribution in [0.4, 0.5) is 5.13 Å². The Morgan fingerprint density at radius 1 is 1.37 bits per heavy atom. The highest BCUT2D eigenvalue weighted by Crippen LogP contribution is 2.40. The molecular weight excluding hydrogens is 254 g/mol. The topological polar surface area (TPSA) is 28.2 Å². The van der Waals surface area contributed by atoms with Crippen LogP contribution >= 0.6 is 11.3 Å². The largest absolute Gasteiger partial charge is 0.345 e. The van der Waals surface area contributed by atoms with Gasteiger partial charge in [0.25, 0.3) is 0 Å². The fraction of sp³-hybridized carbons (Fsp3) is 0.800. The lowest BCUT2D eigenvalue weighted by molar-refractivity contribution is 0.603. The van der Waals surface area contributed by atoms with Crippen molar-refractivity contribution in [2.24, 2.45) is 5.92 Å². The van der Waals surface area contributed by atoms with Crippen molar-refractivity contribution < 1.29 is 0 Å². The summed E-state index contributed by atoms with van der Waals surface area (Å²) in [7, 11) is 0. The second-order valence-corrected chi connectivity index (χ2v) is 7.06. The molecule has 3 rings (SSSR count). The van der Waals surface area contributed by atoms with Crippen molar-refractivity contribution >= 4 is 16.5 Å². The highest BCUT2D eigenvalue weighted by Gasteiger charge is 2.35. The molecule has 1 atom stereocenters. The van der Waals surface area contributed by atoms with Crippen LogP contribution in [0.25, 0.3) is 0 Å². The van der Waals surface area contributed by atoms with Crippen molar-refractivity contribution in [2.45, 2.75) is 58.5 Å². The molecule has 1 aromatic heterocycles. The summed E-state index contributed by atoms with van der Waals surface area (Å²) in [5, 5.41) is 4.77. The summed E-state index contributed by atoms with van der Waals surface area (Å²) < 4.78 is 0. The van der Waals surface area contributed by atoms with Crippen LogP contribution in [0.5, 0.6) is 0 Å². The van der Waals surface area contributed by atoms with Crippen LogP contribution in [-0.2, 0) is 0 Å². The first-order chi connectivity index (χ1) is 9.19. The van der Waals surface area contributed by atoms with E-state index in [9.17, 15) is 0 Å². The van der Waals surface area contributed by atoms with E-state index in [0.29, 0.717) is 6.04 Å². The molecule has 0 bridgehead atoms. The van der Waals surface area contributed by atoms with Crippen molar-refractivity contribution in [3.05, 3.63) is 10.6 Å². The lowest BCUT2D eigenvalue weighted by Crippen LogP contribution is -2.27. The second-order valence-electron chi connectivity index (χ2n) is 6.05. The van der Waals surface area contributed by atoms with E-state index >= 15 is 0 Å². The van der Waals surface area contributed by atoms with Gasteiger partial charge in [0.1, 0.15) is 0 Å². The standard InChI is InChI=1S/C15H25N3S/c1-4-16-10(2)14-11(3)17-15(19-14)18(13-7-8-13)9-12-5-6-12/h10,12-13,16H,4-9H2,1-3H3. The average Bonchev–Trinajstić information content (AvgIpc) is 3.25. The van der Waals surface area contributed by atoms with E-state index < -0.39 is 0 Å². The van der Waals surface area contributed by atoms with Crippen molar-refractivity contribution in [1.82, 2.24) is 10.3 Å². The number of aryl methyl sites for hydroxylation is 1. The van der Waals surface area contributed by atoms with E-state index in [2.05, 4.69) is 31.0 Å². The summed E-state index contributed by atoms with van der Waals surface area (Å²) >= 11 is 1.91. The lowest BCUT2D eigenvalue weighted by Gasteiger charge is -2.21. The van der Waals surface area contributed by atoms with Gasteiger partial charge in [0, 0.05) is 23.5 Å². The third kappa shape index (κ3) is 3.11. The third-order valence-electron chi connectivity index (χ3n) is 4.11. The van der Waals surface area contributed by atoms with Gasteiger partial charge in [-0.1, -0.05) is 6.92 Å². The molecule has 4 heteroatoms. The zero-order chi connectivity index (χ0) is 13.4. The smallest absolute Gasteiger partial charge is 0.186 e. The summed E-state index contributed by atoms with van der Waals surface area (Å²) in [6.45, 7) is 8.83. The van der Waals surface area contributed by atoms with E-state index in [-0.39, 0.29) is 0 Å². The highest BCUT2D eigenvalue weighted by atomic mass is 32.1. The van der Waals surface area contributed by atoms with E-state index in [1.165, 1.54) is 47.9 Å². The molecule has 0 saturated heterocycles. The minimum atomic E-state index is 0.429. The number of anilines is 1. The van der Waals surface area contributed by atoms with Gasteiger partial charge >= 0.3 is 0 Å². The normalized spacial score (nSPS) is 20.6. The molecule has 0 radical (unpaired) electrons. The number of nitrogens with zero attached hydrogens (tertiary/aromatic N) is 2. The van der Waals surface area contributed by atoms with Crippen molar-refractivity contribution in [1.29, 1.82) is 0 Å². The van der Waals surface area contributed by atoms with Gasteiger partial charge in [0.15, 0.2) is 5.13 Å². The van der Waals surface area contributed by atoms with Crippen LogP contribution in [0.3, 0.4) is 0 Å². The molecule has 2 aliphatic carbocycles. The molecule has 1 N–H and O–H groups in total. The van der Waals surface area contributed by atoms with E-state index in [4.69, 9.17) is 4.98 Å². The summed E-state index contributed by atoms with van der Waals surface area (Å²) in [6.07, 6.45) is 5.58. The number of nitrogens with one attached hydrogen (secondary N) is 1. The summed E-state index contributed by atoms with van der Waals surface area (Å²) in [5.74, 6) is 0.944. The van der Waals surface area contributed by atoms with Crippen LogP contribution in [-0.4, -0.2) is 24.1 Å². The van der Waals surface area contributed by atoms with Gasteiger partial charge in [0.2, 0.25) is 0 Å². The fourth-order valence-electron chi connectivity index (χ4n) is 2.67. The second kappa shape index (κ2) is 5.41. The quantitative estimate of drug-likeness (QED) is 0.828. The van der Waals surface area contributed by atoms with Gasteiger partial charge in [-0.3, -0.25) is 0 Å². The molecule has 1 heterocycles. The Hall–Kier alpha value is -0.610. The first kappa shape index (κ1) is 13.4. The molecule has 19 heavy (non-hydrogen) atoms. The summed E-state index contributed by atoms with van der Waals surface area (Å²) in [6, 6.07) is 1.21. The molecule has 0 amide bonds. The van der Waals surface area contributed by atoms with Crippen molar-refractivity contribution in [3.63, 3.8) is 0 Å². The Morgan fingerprint density at radius 2 is 2.11 bits per heavy atom. The highest BCUT2D eigenvalue weighted by molar-refractivity contribution is 7.15. The summed E-state index contributed by atoms with van der Waals surface area (Å²) in [5.41, 5.74) is 1.22. The van der Waals surface area contributed by atoms with Crippen LogP contribution in [0.1, 0.15) is 56.1 Å². The lowest BCUT2D eigenvalue weighted by atomic mass is 10.2. The predicted molar refractivity (Wildman–Crippen MR) is 82.0 cm³/mol. The van der Waals surface area contributed by atoms with E-state index in [1.54, 1.807) is 0 Å². The monoisotopic (exact) mass is 279 g/mol. The van der Waals surface area contributed by atoms with Crippen LogP contribution in [0.15, 0.2) is 0 Å². The van der Waals surface area contributed by atoms with Crippen LogP contribution in [0, 0.1) is 12.8 Å². The maximum Gasteiger partial charge on any atom is 0.186 e. The maximum absolute atomic E-state index is 4.86. The molecule has 2 fully saturated rings. The van der Waals surface area contributed by atoms with Gasteiger partial charge in [0.05, 0.1) is 5.69 Å². The van der Waals surface area contributed by atoms with Gasteiger partial charge in [-0.25, -0.2) is 4.98 Å². The Morgan fingerprint density at radius 3 is 2.68 bits per heavy atom. The molecule has 1 unspecified atom stereocenters. The zero-order valence-corrected chi connectivity index (χ0v) is 13.1. The number of hydrogen-bond donors (Lipinski definition) is 1. The Bertz CT molecular complexity index is 435. The van der Waals surface area contributed by atoms with Crippen molar-refractivity contribution in [3.8, 4) is 0 Å². The minimum Gasteiger partial charge on any atom is -0.345 e. The fourth-order valence-corrected chi connectivity index (χ4v) is 3.84. The number of rotatable bonds is 7.